The number of hydrogen-bond donors (Lipinski definition) is 6. The number of carbonyl (C=O) groups excluding carboxylic acids is 1. The maximum absolute atomic E-state index is 13.6. The molecule has 1 amide bonds. The summed E-state index contributed by atoms with van der Waals surface area (Å²) in [5.41, 5.74) is 5.90. The number of aromatic amines is 1. The van der Waals surface area contributed by atoms with Gasteiger partial charge in [-0.05, 0) is 19.1 Å². The Kier molecular flexibility index (Phi) is 9.55. The van der Waals surface area contributed by atoms with Gasteiger partial charge in [0.25, 0.3) is 26.1 Å². The number of carbonyl (C=O) groups is 1. The van der Waals surface area contributed by atoms with Gasteiger partial charge in [0.15, 0.2) is 5.96 Å². The highest BCUT2D eigenvalue weighted by Crippen LogP contribution is 2.20. The van der Waals surface area contributed by atoms with Crippen molar-refractivity contribution in [1.29, 1.82) is 5.41 Å². The van der Waals surface area contributed by atoms with Crippen molar-refractivity contribution in [1.82, 2.24) is 15.3 Å². The average Bonchev–Trinajstić information content (AvgIpc) is 2.85. The molecule has 0 aliphatic heterocycles. The first-order valence-corrected chi connectivity index (χ1v) is 11.0. The molecule has 0 spiro atoms. The van der Waals surface area contributed by atoms with Crippen LogP contribution in [-0.2, 0) is 20.2 Å². The third kappa shape index (κ3) is 13.0. The summed E-state index contributed by atoms with van der Waals surface area (Å²) in [6.45, 7) is 1.61. The van der Waals surface area contributed by atoms with Crippen LogP contribution in [0.25, 0.3) is 11.4 Å². The monoisotopic (exact) mass is 453 g/mol. The van der Waals surface area contributed by atoms with Crippen LogP contribution in [-0.4, -0.2) is 60.3 Å². The van der Waals surface area contributed by atoms with Gasteiger partial charge in [0.05, 0.1) is 23.8 Å². The van der Waals surface area contributed by atoms with E-state index in [1.807, 2.05) is 0 Å². The molecule has 12 nitrogen and oxygen atoms in total. The number of H-pyrrole nitrogens is 1. The summed E-state index contributed by atoms with van der Waals surface area (Å²) in [7, 11) is -7.33. The van der Waals surface area contributed by atoms with Gasteiger partial charge in [0.2, 0.25) is 0 Å². The zero-order valence-corrected chi connectivity index (χ0v) is 17.1. The molecule has 0 radical (unpaired) electrons. The molecule has 0 fully saturated rings. The lowest BCUT2D eigenvalue weighted by atomic mass is 10.2. The van der Waals surface area contributed by atoms with Gasteiger partial charge in [-0.1, -0.05) is 12.1 Å². The van der Waals surface area contributed by atoms with E-state index in [4.69, 9.17) is 20.2 Å². The van der Waals surface area contributed by atoms with E-state index < -0.39 is 37.9 Å². The molecule has 162 valence electrons. The first-order valence-electron chi connectivity index (χ1n) is 7.30. The number of aromatic nitrogens is 2. The second-order valence-electron chi connectivity index (χ2n) is 5.36. The lowest BCUT2D eigenvalue weighted by Crippen LogP contribution is -2.36. The SMILES string of the molecule is CS(=O)(=O)O.CS(=O)(=O)O.Cc1nc(-c2ccccc2F)[nH]c1C(=O)NC(=N)N. The highest BCUT2D eigenvalue weighted by atomic mass is 32.2. The molecule has 0 atom stereocenters. The number of imidazole rings is 1. The number of hydrogen-bond acceptors (Lipinski definition) is 7. The number of nitrogens with one attached hydrogen (secondary N) is 3. The zero-order chi connectivity index (χ0) is 23.0. The summed E-state index contributed by atoms with van der Waals surface area (Å²) < 4.78 is 65.3. The minimum Gasteiger partial charge on any atom is -0.370 e. The van der Waals surface area contributed by atoms with Gasteiger partial charge in [-0.3, -0.25) is 24.6 Å². The van der Waals surface area contributed by atoms with E-state index in [0.29, 0.717) is 18.2 Å². The highest BCUT2D eigenvalue weighted by molar-refractivity contribution is 7.85. The number of halogens is 1. The van der Waals surface area contributed by atoms with E-state index in [0.717, 1.165) is 0 Å². The molecule has 2 rings (SSSR count). The van der Waals surface area contributed by atoms with Crippen molar-refractivity contribution < 1.29 is 35.1 Å². The van der Waals surface area contributed by atoms with Gasteiger partial charge in [0, 0.05) is 0 Å². The molecule has 0 saturated carbocycles. The average molecular weight is 453 g/mol. The van der Waals surface area contributed by atoms with Crippen LogP contribution in [0.5, 0.6) is 0 Å². The Balaban J connectivity index is 0.000000653. The Morgan fingerprint density at radius 2 is 1.62 bits per heavy atom. The smallest absolute Gasteiger partial charge is 0.276 e. The molecule has 7 N–H and O–H groups in total. The number of rotatable bonds is 2. The van der Waals surface area contributed by atoms with Crippen LogP contribution in [0.4, 0.5) is 4.39 Å². The van der Waals surface area contributed by atoms with E-state index in [9.17, 15) is 26.0 Å². The summed E-state index contributed by atoms with van der Waals surface area (Å²) in [6, 6.07) is 6.10. The summed E-state index contributed by atoms with van der Waals surface area (Å²) in [4.78, 5) is 18.5. The third-order valence-electron chi connectivity index (χ3n) is 2.49. The van der Waals surface area contributed by atoms with Crippen LogP contribution < -0.4 is 11.1 Å². The molecule has 29 heavy (non-hydrogen) atoms. The van der Waals surface area contributed by atoms with Gasteiger partial charge >= 0.3 is 0 Å². The predicted octanol–water partition coefficient (Wildman–Crippen LogP) is 0.155. The fourth-order valence-electron chi connectivity index (χ4n) is 1.65. The van der Waals surface area contributed by atoms with Crippen LogP contribution in [0, 0.1) is 18.2 Å². The molecule has 0 unspecified atom stereocenters. The number of nitrogens with zero attached hydrogens (tertiary/aromatic N) is 1. The Morgan fingerprint density at radius 3 is 2.03 bits per heavy atom. The number of amides is 1. The molecule has 0 bridgehead atoms. The molecular weight excluding hydrogens is 433 g/mol. The Labute approximate surface area is 166 Å². The summed E-state index contributed by atoms with van der Waals surface area (Å²) >= 11 is 0. The molecule has 1 heterocycles. The molecule has 15 heteroatoms. The van der Waals surface area contributed by atoms with Crippen LogP contribution in [0.3, 0.4) is 0 Å². The minimum atomic E-state index is -3.67. The molecule has 0 aliphatic carbocycles. The topological polar surface area (TPSA) is 216 Å². The minimum absolute atomic E-state index is 0.147. The Bertz CT molecular complexity index is 1040. The maximum Gasteiger partial charge on any atom is 0.276 e. The first kappa shape index (κ1) is 26.1. The Morgan fingerprint density at radius 1 is 1.17 bits per heavy atom. The number of guanidine groups is 1. The first-order chi connectivity index (χ1) is 13.0. The van der Waals surface area contributed by atoms with Gasteiger partial charge in [0.1, 0.15) is 17.3 Å². The third-order valence-corrected chi connectivity index (χ3v) is 2.49. The predicted molar refractivity (Wildman–Crippen MR) is 103 cm³/mol. The molecule has 0 saturated heterocycles. The second kappa shape index (κ2) is 10.6. The second-order valence-corrected chi connectivity index (χ2v) is 8.29. The van der Waals surface area contributed by atoms with Gasteiger partial charge < -0.3 is 10.7 Å². The summed E-state index contributed by atoms with van der Waals surface area (Å²) in [5, 5.41) is 9.14. The lowest BCUT2D eigenvalue weighted by molar-refractivity contribution is 0.0971. The normalized spacial score (nSPS) is 10.7. The van der Waals surface area contributed by atoms with E-state index in [-0.39, 0.29) is 17.1 Å². The van der Waals surface area contributed by atoms with E-state index >= 15 is 0 Å². The summed E-state index contributed by atoms with van der Waals surface area (Å²) in [6.07, 6.45) is 1.43. The molecule has 1 aromatic heterocycles. The summed E-state index contributed by atoms with van der Waals surface area (Å²) in [5.74, 6) is -1.23. The van der Waals surface area contributed by atoms with Crippen LogP contribution in [0.15, 0.2) is 24.3 Å². The van der Waals surface area contributed by atoms with E-state index in [1.165, 1.54) is 6.07 Å². The fourth-order valence-corrected chi connectivity index (χ4v) is 1.65. The van der Waals surface area contributed by atoms with Crippen molar-refractivity contribution in [2.24, 2.45) is 5.73 Å². The van der Waals surface area contributed by atoms with Gasteiger partial charge in [-0.2, -0.15) is 16.8 Å². The van der Waals surface area contributed by atoms with Crippen molar-refractivity contribution in [3.8, 4) is 11.4 Å². The largest absolute Gasteiger partial charge is 0.370 e. The molecule has 0 aliphatic rings. The maximum atomic E-state index is 13.6. The van der Waals surface area contributed by atoms with Crippen molar-refractivity contribution in [3.63, 3.8) is 0 Å². The van der Waals surface area contributed by atoms with Crippen molar-refractivity contribution >= 4 is 32.1 Å². The van der Waals surface area contributed by atoms with E-state index in [2.05, 4.69) is 15.3 Å². The van der Waals surface area contributed by atoms with Crippen LogP contribution >= 0.6 is 0 Å². The fraction of sp³-hybridized carbons (Fsp3) is 0.214. The van der Waals surface area contributed by atoms with Gasteiger partial charge in [-0.25, -0.2) is 9.37 Å². The van der Waals surface area contributed by atoms with Crippen molar-refractivity contribution in [2.75, 3.05) is 12.5 Å². The standard InChI is InChI=1S/C12H12FN5O.2CH4O3S/c1-6-9(11(19)18-12(14)15)17-10(16-6)7-4-2-3-5-8(7)13;2*1-5(2,3)4/h2-5H,1H3,(H,16,17)(H4,14,15,18,19);2*1H3,(H,2,3,4). The number of nitrogens with two attached hydrogens (primary N) is 1. The molecule has 1 aromatic carbocycles. The Hall–Kier alpha value is -2.88. The number of benzene rings is 1. The molecule has 2 aromatic rings. The van der Waals surface area contributed by atoms with Gasteiger partial charge in [-0.15, -0.1) is 0 Å². The highest BCUT2D eigenvalue weighted by Gasteiger charge is 2.17. The van der Waals surface area contributed by atoms with Crippen LogP contribution in [0.1, 0.15) is 16.2 Å². The number of aryl methyl sites for hydroxylation is 1. The molecular formula is C14H20FN5O7S2. The van der Waals surface area contributed by atoms with E-state index in [1.54, 1.807) is 25.1 Å². The van der Waals surface area contributed by atoms with Crippen molar-refractivity contribution in [3.05, 3.63) is 41.5 Å². The van der Waals surface area contributed by atoms with Crippen LogP contribution in [0.2, 0.25) is 0 Å². The lowest BCUT2D eigenvalue weighted by Gasteiger charge is -2.00. The van der Waals surface area contributed by atoms with Crippen molar-refractivity contribution in [2.45, 2.75) is 6.92 Å². The zero-order valence-electron chi connectivity index (χ0n) is 15.5. The quantitative estimate of drug-likeness (QED) is 0.207.